The Morgan fingerprint density at radius 1 is 0.939 bits per heavy atom. The second-order valence-electron chi connectivity index (χ2n) is 10.9. The Hall–Kier alpha value is -6.07. The number of nitrogens with zero attached hydrogens (tertiary/aromatic N) is 4. The summed E-state index contributed by atoms with van der Waals surface area (Å²) in [6.07, 6.45) is 6.82. The lowest BCUT2D eigenvalue weighted by atomic mass is 9.95. The van der Waals surface area contributed by atoms with Crippen molar-refractivity contribution >= 4 is 29.4 Å². The second-order valence-corrected chi connectivity index (χ2v) is 11.9. The molecular formula is C38H32N4O6S. The first-order valence-corrected chi connectivity index (χ1v) is 16.1. The number of fused-ring (bicyclic) bond motifs is 1. The van der Waals surface area contributed by atoms with Crippen LogP contribution >= 0.6 is 11.3 Å². The number of benzene rings is 3. The van der Waals surface area contributed by atoms with E-state index in [1.165, 1.54) is 29.1 Å². The number of carbonyl (C=O) groups is 2. The maximum Gasteiger partial charge on any atom is 0.338 e. The van der Waals surface area contributed by atoms with E-state index in [0.717, 1.165) is 11.3 Å². The van der Waals surface area contributed by atoms with Crippen LogP contribution in [0.5, 0.6) is 5.75 Å². The van der Waals surface area contributed by atoms with Gasteiger partial charge < -0.3 is 14.2 Å². The Balaban J connectivity index is 1.51. The normalized spacial score (nSPS) is 14.1. The van der Waals surface area contributed by atoms with Crippen LogP contribution in [0.15, 0.2) is 131 Å². The highest BCUT2D eigenvalue weighted by Gasteiger charge is 2.33. The summed E-state index contributed by atoms with van der Waals surface area (Å²) in [6, 6.07) is 22.9. The van der Waals surface area contributed by atoms with Crippen molar-refractivity contribution in [2.75, 3.05) is 20.3 Å². The fourth-order valence-corrected chi connectivity index (χ4v) is 6.50. The third kappa shape index (κ3) is 6.69. The highest BCUT2D eigenvalue weighted by atomic mass is 32.1. The van der Waals surface area contributed by atoms with Crippen molar-refractivity contribution in [3.8, 4) is 22.7 Å². The molecule has 3 heterocycles. The Bertz CT molecular complexity index is 2260. The molecule has 11 heteroatoms. The van der Waals surface area contributed by atoms with Gasteiger partial charge in [0.1, 0.15) is 24.7 Å². The van der Waals surface area contributed by atoms with E-state index in [1.807, 2.05) is 60.8 Å². The van der Waals surface area contributed by atoms with Crippen LogP contribution in [0.4, 0.5) is 0 Å². The van der Waals surface area contributed by atoms with E-state index >= 15 is 0 Å². The van der Waals surface area contributed by atoms with Gasteiger partial charge in [0, 0.05) is 17.3 Å². The average Bonchev–Trinajstić information content (AvgIpc) is 3.69. The fraction of sp³-hybridized carbons (Fsp3) is 0.132. The van der Waals surface area contributed by atoms with Gasteiger partial charge in [0.25, 0.3) is 5.56 Å². The van der Waals surface area contributed by atoms with Crippen LogP contribution in [0.1, 0.15) is 34.5 Å². The molecule has 1 aliphatic heterocycles. The van der Waals surface area contributed by atoms with Crippen molar-refractivity contribution in [2.45, 2.75) is 13.0 Å². The molecule has 3 aromatic carbocycles. The van der Waals surface area contributed by atoms with Gasteiger partial charge in [0.15, 0.2) is 4.80 Å². The van der Waals surface area contributed by atoms with Gasteiger partial charge in [-0.3, -0.25) is 9.36 Å². The second kappa shape index (κ2) is 14.4. The van der Waals surface area contributed by atoms with E-state index in [-0.39, 0.29) is 17.7 Å². The standard InChI is InChI=1S/C38H32N4O6S/c1-5-20-47-30-18-16-25(17-19-30)33-28(23-41(40-33)29-10-8-7-9-11-29)22-31-35(43)42-34(26-12-14-27(15-13-26)36(44)46-4)32(37(45)48-21-6-2)24(3)39-38(42)49-31/h5-19,22-23,34H,1-2,20-21H2,3-4H3. The summed E-state index contributed by atoms with van der Waals surface area (Å²) >= 11 is 1.21. The quantitative estimate of drug-likeness (QED) is 0.141. The monoisotopic (exact) mass is 672 g/mol. The molecule has 0 spiro atoms. The molecule has 5 aromatic rings. The van der Waals surface area contributed by atoms with E-state index in [1.54, 1.807) is 48.0 Å². The summed E-state index contributed by atoms with van der Waals surface area (Å²) in [7, 11) is 1.30. The molecule has 0 N–H and O–H groups in total. The lowest BCUT2D eigenvalue weighted by Gasteiger charge is -2.24. The zero-order chi connectivity index (χ0) is 34.5. The first kappa shape index (κ1) is 32.9. The number of hydrogen-bond acceptors (Lipinski definition) is 9. The van der Waals surface area contributed by atoms with Crippen molar-refractivity contribution in [1.29, 1.82) is 0 Å². The number of allylic oxidation sites excluding steroid dienone is 1. The van der Waals surface area contributed by atoms with Crippen molar-refractivity contribution < 1.29 is 23.8 Å². The molecule has 10 nitrogen and oxygen atoms in total. The smallest absolute Gasteiger partial charge is 0.338 e. The summed E-state index contributed by atoms with van der Waals surface area (Å²) in [5.74, 6) is -0.429. The highest BCUT2D eigenvalue weighted by molar-refractivity contribution is 7.07. The Kier molecular flexibility index (Phi) is 9.63. The predicted octanol–water partition coefficient (Wildman–Crippen LogP) is 5.17. The zero-order valence-electron chi connectivity index (χ0n) is 26.9. The summed E-state index contributed by atoms with van der Waals surface area (Å²) in [4.78, 5) is 45.0. The average molecular weight is 673 g/mol. The number of carbonyl (C=O) groups excluding carboxylic acids is 2. The number of rotatable bonds is 11. The highest BCUT2D eigenvalue weighted by Crippen LogP contribution is 2.31. The van der Waals surface area contributed by atoms with E-state index in [9.17, 15) is 14.4 Å². The lowest BCUT2D eigenvalue weighted by Crippen LogP contribution is -2.40. The number of aromatic nitrogens is 3. The molecule has 0 saturated heterocycles. The van der Waals surface area contributed by atoms with E-state index in [2.05, 4.69) is 18.2 Å². The predicted molar refractivity (Wildman–Crippen MR) is 187 cm³/mol. The van der Waals surface area contributed by atoms with Gasteiger partial charge in [-0.25, -0.2) is 19.3 Å². The molecule has 2 aromatic heterocycles. The van der Waals surface area contributed by atoms with Gasteiger partial charge in [0.2, 0.25) is 0 Å². The molecule has 6 rings (SSSR count). The number of methoxy groups -OCH3 is 1. The molecule has 1 aliphatic rings. The molecule has 0 radical (unpaired) electrons. The summed E-state index contributed by atoms with van der Waals surface area (Å²) in [5.41, 5.74) is 4.24. The summed E-state index contributed by atoms with van der Waals surface area (Å²) in [5, 5.41) is 4.90. The van der Waals surface area contributed by atoms with Crippen molar-refractivity contribution in [3.05, 3.63) is 158 Å². The largest absolute Gasteiger partial charge is 0.490 e. The minimum absolute atomic E-state index is 0.0103. The topological polar surface area (TPSA) is 114 Å². The minimum Gasteiger partial charge on any atom is -0.490 e. The molecule has 0 amide bonds. The third-order valence-corrected chi connectivity index (χ3v) is 8.75. The van der Waals surface area contributed by atoms with E-state index in [4.69, 9.17) is 19.3 Å². The van der Waals surface area contributed by atoms with Gasteiger partial charge in [-0.2, -0.15) is 5.10 Å². The zero-order valence-corrected chi connectivity index (χ0v) is 27.7. The van der Waals surface area contributed by atoms with Crippen LogP contribution in [-0.2, 0) is 14.3 Å². The van der Waals surface area contributed by atoms with Gasteiger partial charge in [-0.15, -0.1) is 0 Å². The third-order valence-electron chi connectivity index (χ3n) is 7.77. The number of esters is 2. The lowest BCUT2D eigenvalue weighted by molar-refractivity contribution is -0.138. The van der Waals surface area contributed by atoms with E-state index < -0.39 is 18.0 Å². The Morgan fingerprint density at radius 3 is 2.33 bits per heavy atom. The molecule has 49 heavy (non-hydrogen) atoms. The maximum absolute atomic E-state index is 14.3. The van der Waals surface area contributed by atoms with Crippen molar-refractivity contribution in [3.63, 3.8) is 0 Å². The van der Waals surface area contributed by atoms with Gasteiger partial charge in [-0.05, 0) is 67.1 Å². The molecule has 0 fully saturated rings. The van der Waals surface area contributed by atoms with Crippen LogP contribution in [-0.4, -0.2) is 46.6 Å². The molecule has 0 saturated carbocycles. The molecule has 0 aliphatic carbocycles. The van der Waals surface area contributed by atoms with Crippen molar-refractivity contribution in [2.24, 2.45) is 4.99 Å². The SMILES string of the molecule is C=CCOC(=O)C1=C(C)N=c2sc(=Cc3cn(-c4ccccc4)nc3-c3ccc(OCC=C)cc3)c(=O)n2C1c1ccc(C(=O)OC)cc1. The van der Waals surface area contributed by atoms with Crippen molar-refractivity contribution in [1.82, 2.24) is 14.3 Å². The van der Waals surface area contributed by atoms with Crippen LogP contribution in [0.2, 0.25) is 0 Å². The first-order chi connectivity index (χ1) is 23.8. The van der Waals surface area contributed by atoms with Crippen LogP contribution in [0, 0.1) is 0 Å². The van der Waals surface area contributed by atoms with Gasteiger partial charge >= 0.3 is 11.9 Å². The number of para-hydroxylation sites is 1. The summed E-state index contributed by atoms with van der Waals surface area (Å²) < 4.78 is 19.6. The van der Waals surface area contributed by atoms with Gasteiger partial charge in [-0.1, -0.05) is 67.0 Å². The maximum atomic E-state index is 14.3. The molecular weight excluding hydrogens is 641 g/mol. The van der Waals surface area contributed by atoms with E-state index in [0.29, 0.717) is 49.8 Å². The van der Waals surface area contributed by atoms with Crippen LogP contribution in [0.3, 0.4) is 0 Å². The van der Waals surface area contributed by atoms with Crippen LogP contribution in [0.25, 0.3) is 23.0 Å². The van der Waals surface area contributed by atoms with Gasteiger partial charge in [0.05, 0.1) is 40.2 Å². The number of ether oxygens (including phenoxy) is 3. The Labute approximate surface area is 285 Å². The Morgan fingerprint density at radius 2 is 1.65 bits per heavy atom. The molecule has 0 bridgehead atoms. The summed E-state index contributed by atoms with van der Waals surface area (Å²) in [6.45, 7) is 9.42. The number of hydrogen-bond donors (Lipinski definition) is 0. The number of thiazole rings is 1. The van der Waals surface area contributed by atoms with Crippen LogP contribution < -0.4 is 19.6 Å². The fourth-order valence-electron chi connectivity index (χ4n) is 5.47. The minimum atomic E-state index is -0.864. The first-order valence-electron chi connectivity index (χ1n) is 15.3. The molecule has 1 unspecified atom stereocenters. The molecule has 1 atom stereocenters. The molecule has 246 valence electrons.